The minimum atomic E-state index is -0.194. The Morgan fingerprint density at radius 2 is 2.09 bits per heavy atom. The molecule has 0 saturated carbocycles. The molecule has 0 bridgehead atoms. The first-order valence-electron chi connectivity index (χ1n) is 7.40. The summed E-state index contributed by atoms with van der Waals surface area (Å²) >= 11 is 0. The fraction of sp³-hybridized carbons (Fsp3) is 0.111. The molecule has 0 aliphatic rings. The van der Waals surface area contributed by atoms with Crippen molar-refractivity contribution in [2.45, 2.75) is 6.92 Å². The molecule has 0 radical (unpaired) electrons. The molecular formula is C18H17N3O2. The highest BCUT2D eigenvalue weighted by Crippen LogP contribution is 2.15. The van der Waals surface area contributed by atoms with E-state index in [1.54, 1.807) is 12.3 Å². The summed E-state index contributed by atoms with van der Waals surface area (Å²) in [6.07, 6.45) is 6.87. The summed E-state index contributed by atoms with van der Waals surface area (Å²) in [5.41, 5.74) is 2.42. The van der Waals surface area contributed by atoms with Gasteiger partial charge >= 0.3 is 0 Å². The highest BCUT2D eigenvalue weighted by atomic mass is 16.5. The van der Waals surface area contributed by atoms with Gasteiger partial charge in [0.15, 0.2) is 0 Å². The Kier molecular flexibility index (Phi) is 4.38. The van der Waals surface area contributed by atoms with Crippen molar-refractivity contribution < 1.29 is 9.53 Å². The zero-order valence-corrected chi connectivity index (χ0v) is 12.8. The summed E-state index contributed by atoms with van der Waals surface area (Å²) in [6.45, 7) is 2.55. The van der Waals surface area contributed by atoms with Crippen LogP contribution in [0.2, 0.25) is 0 Å². The first-order valence-corrected chi connectivity index (χ1v) is 7.40. The molecule has 5 nitrogen and oxygen atoms in total. The van der Waals surface area contributed by atoms with Gasteiger partial charge in [0.25, 0.3) is 0 Å². The van der Waals surface area contributed by atoms with Crippen LogP contribution in [-0.4, -0.2) is 21.9 Å². The smallest absolute Gasteiger partial charge is 0.248 e. The van der Waals surface area contributed by atoms with Gasteiger partial charge in [-0.3, -0.25) is 4.79 Å². The number of fused-ring (bicyclic) bond motifs is 1. The van der Waals surface area contributed by atoms with Gasteiger partial charge in [-0.25, -0.2) is 4.98 Å². The summed E-state index contributed by atoms with van der Waals surface area (Å²) in [5.74, 6) is 0.590. The van der Waals surface area contributed by atoms with Crippen LogP contribution in [0.3, 0.4) is 0 Å². The number of benzene rings is 1. The van der Waals surface area contributed by atoms with Gasteiger partial charge in [0.2, 0.25) is 5.91 Å². The Hall–Kier alpha value is -3.08. The van der Waals surface area contributed by atoms with Crippen LogP contribution in [0.1, 0.15) is 12.6 Å². The lowest BCUT2D eigenvalue weighted by Crippen LogP contribution is -2.07. The summed E-state index contributed by atoms with van der Waals surface area (Å²) < 4.78 is 7.28. The van der Waals surface area contributed by atoms with Gasteiger partial charge in [-0.2, -0.15) is 0 Å². The second-order valence-corrected chi connectivity index (χ2v) is 4.89. The molecule has 1 amide bonds. The molecular weight excluding hydrogens is 290 g/mol. The first kappa shape index (κ1) is 14.8. The molecule has 0 fully saturated rings. The Bertz CT molecular complexity index is 835. The van der Waals surface area contributed by atoms with E-state index in [4.69, 9.17) is 4.74 Å². The number of hydrogen-bond acceptors (Lipinski definition) is 3. The lowest BCUT2D eigenvalue weighted by molar-refractivity contribution is -0.111. The van der Waals surface area contributed by atoms with Gasteiger partial charge in [0, 0.05) is 18.0 Å². The van der Waals surface area contributed by atoms with Gasteiger partial charge < -0.3 is 14.5 Å². The first-order chi connectivity index (χ1) is 11.3. The van der Waals surface area contributed by atoms with E-state index in [0.29, 0.717) is 6.61 Å². The standard InChI is InChI=1S/C18H17N3O2/c1-2-23-16-9-6-14(7-10-16)20-18(22)11-8-15-13-19-17-5-3-4-12-21(15)17/h3-13H,2H2,1H3,(H,20,22)/b11-8+. The van der Waals surface area contributed by atoms with E-state index in [1.165, 1.54) is 6.08 Å². The van der Waals surface area contributed by atoms with Crippen LogP contribution < -0.4 is 10.1 Å². The maximum atomic E-state index is 12.0. The van der Waals surface area contributed by atoms with Crippen molar-refractivity contribution in [3.05, 3.63) is 66.6 Å². The molecule has 0 aliphatic carbocycles. The second-order valence-electron chi connectivity index (χ2n) is 4.89. The molecule has 1 aromatic carbocycles. The molecule has 1 N–H and O–H groups in total. The molecule has 23 heavy (non-hydrogen) atoms. The summed E-state index contributed by atoms with van der Waals surface area (Å²) in [5, 5.41) is 2.81. The van der Waals surface area contributed by atoms with Gasteiger partial charge in [0.1, 0.15) is 11.4 Å². The number of imidazole rings is 1. The molecule has 3 rings (SSSR count). The maximum absolute atomic E-state index is 12.0. The van der Waals surface area contributed by atoms with Crippen molar-refractivity contribution in [3.8, 4) is 5.75 Å². The Labute approximate surface area is 134 Å². The number of pyridine rings is 1. The number of carbonyl (C=O) groups is 1. The highest BCUT2D eigenvalue weighted by Gasteiger charge is 2.01. The highest BCUT2D eigenvalue weighted by molar-refractivity contribution is 6.01. The fourth-order valence-corrected chi connectivity index (χ4v) is 2.22. The Morgan fingerprint density at radius 1 is 1.26 bits per heavy atom. The third-order valence-corrected chi connectivity index (χ3v) is 3.28. The maximum Gasteiger partial charge on any atom is 0.248 e. The van der Waals surface area contributed by atoms with E-state index in [1.807, 2.05) is 60.0 Å². The average Bonchev–Trinajstić information content (AvgIpc) is 2.98. The van der Waals surface area contributed by atoms with Crippen molar-refractivity contribution in [1.82, 2.24) is 9.38 Å². The minimum Gasteiger partial charge on any atom is -0.494 e. The van der Waals surface area contributed by atoms with E-state index in [2.05, 4.69) is 10.3 Å². The summed E-state index contributed by atoms with van der Waals surface area (Å²) in [4.78, 5) is 16.3. The molecule has 5 heteroatoms. The van der Waals surface area contributed by atoms with Crippen LogP contribution >= 0.6 is 0 Å². The van der Waals surface area contributed by atoms with Crippen LogP contribution in [0.5, 0.6) is 5.75 Å². The van der Waals surface area contributed by atoms with Gasteiger partial charge in [-0.05, 0) is 49.4 Å². The quantitative estimate of drug-likeness (QED) is 0.735. The van der Waals surface area contributed by atoms with Crippen molar-refractivity contribution in [2.75, 3.05) is 11.9 Å². The number of nitrogens with zero attached hydrogens (tertiary/aromatic N) is 2. The molecule has 3 aromatic rings. The molecule has 116 valence electrons. The molecule has 0 atom stereocenters. The third-order valence-electron chi connectivity index (χ3n) is 3.28. The predicted octanol–water partition coefficient (Wildman–Crippen LogP) is 3.38. The second kappa shape index (κ2) is 6.79. The lowest BCUT2D eigenvalue weighted by atomic mass is 10.3. The van der Waals surface area contributed by atoms with E-state index in [-0.39, 0.29) is 5.91 Å². The number of anilines is 1. The minimum absolute atomic E-state index is 0.194. The lowest BCUT2D eigenvalue weighted by Gasteiger charge is -2.05. The number of nitrogens with one attached hydrogen (secondary N) is 1. The van der Waals surface area contributed by atoms with E-state index >= 15 is 0 Å². The number of ether oxygens (including phenoxy) is 1. The van der Waals surface area contributed by atoms with Gasteiger partial charge in [-0.15, -0.1) is 0 Å². The van der Waals surface area contributed by atoms with E-state index < -0.39 is 0 Å². The zero-order chi connectivity index (χ0) is 16.1. The molecule has 0 aliphatic heterocycles. The van der Waals surface area contributed by atoms with Crippen LogP contribution in [0.15, 0.2) is 60.9 Å². The monoisotopic (exact) mass is 307 g/mol. The number of rotatable bonds is 5. The van der Waals surface area contributed by atoms with Crippen molar-refractivity contribution in [3.63, 3.8) is 0 Å². The summed E-state index contributed by atoms with van der Waals surface area (Å²) in [6, 6.07) is 13.0. The summed E-state index contributed by atoms with van der Waals surface area (Å²) in [7, 11) is 0. The number of amides is 1. The SMILES string of the molecule is CCOc1ccc(NC(=O)/C=C/c2cnc3ccccn23)cc1. The van der Waals surface area contributed by atoms with E-state index in [9.17, 15) is 4.79 Å². The average molecular weight is 307 g/mol. The fourth-order valence-electron chi connectivity index (χ4n) is 2.22. The van der Waals surface area contributed by atoms with Crippen LogP contribution in [0.4, 0.5) is 5.69 Å². The van der Waals surface area contributed by atoms with Crippen molar-refractivity contribution in [2.24, 2.45) is 0 Å². The molecule has 0 unspecified atom stereocenters. The van der Waals surface area contributed by atoms with E-state index in [0.717, 1.165) is 22.8 Å². The van der Waals surface area contributed by atoms with Crippen molar-refractivity contribution >= 4 is 23.3 Å². The van der Waals surface area contributed by atoms with Crippen LogP contribution in [0.25, 0.3) is 11.7 Å². The van der Waals surface area contributed by atoms with Gasteiger partial charge in [-0.1, -0.05) is 6.07 Å². The molecule has 2 aromatic heterocycles. The number of carbonyl (C=O) groups excluding carboxylic acids is 1. The van der Waals surface area contributed by atoms with Crippen molar-refractivity contribution in [1.29, 1.82) is 0 Å². The number of hydrogen-bond donors (Lipinski definition) is 1. The van der Waals surface area contributed by atoms with Gasteiger partial charge in [0.05, 0.1) is 18.5 Å². The Balaban J connectivity index is 1.66. The molecule has 0 saturated heterocycles. The largest absolute Gasteiger partial charge is 0.494 e. The van der Waals surface area contributed by atoms with Crippen LogP contribution in [-0.2, 0) is 4.79 Å². The topological polar surface area (TPSA) is 55.6 Å². The van der Waals surface area contributed by atoms with Crippen LogP contribution in [0, 0.1) is 0 Å². The predicted molar refractivity (Wildman–Crippen MR) is 90.5 cm³/mol. The Morgan fingerprint density at radius 3 is 2.87 bits per heavy atom. The normalized spacial score (nSPS) is 11.0. The molecule has 0 spiro atoms. The molecule has 2 heterocycles. The number of aromatic nitrogens is 2. The zero-order valence-electron chi connectivity index (χ0n) is 12.8. The third kappa shape index (κ3) is 3.58.